The molecule has 0 atom stereocenters. The van der Waals surface area contributed by atoms with Crippen LogP contribution in [0.5, 0.6) is 0 Å². The Morgan fingerprint density at radius 2 is 1.71 bits per heavy atom. The minimum Gasteiger partial charge on any atom is -0.379 e. The van der Waals surface area contributed by atoms with Crippen molar-refractivity contribution >= 4 is 11.2 Å². The molecule has 0 saturated carbocycles. The second-order valence-corrected chi connectivity index (χ2v) is 4.94. The lowest BCUT2D eigenvalue weighted by Crippen LogP contribution is -2.41. The zero-order chi connectivity index (χ0) is 10.6. The molecule has 1 fully saturated rings. The van der Waals surface area contributed by atoms with E-state index in [4.69, 9.17) is 4.74 Å². The Kier molecular flexibility index (Phi) is 4.56. The number of halogens is 2. The first kappa shape index (κ1) is 12.2. The summed E-state index contributed by atoms with van der Waals surface area (Å²) >= 11 is -3.74. The fourth-order valence-electron chi connectivity index (χ4n) is 1.46. The first-order valence-corrected chi connectivity index (χ1v) is 6.28. The lowest BCUT2D eigenvalue weighted by Gasteiger charge is -2.42. The van der Waals surface area contributed by atoms with Gasteiger partial charge in [0.05, 0.1) is 13.2 Å². The molecular formula is C8H18F2N2OS. The molecule has 0 aromatic heterocycles. The molecule has 0 N–H and O–H groups in total. The first-order chi connectivity index (χ1) is 6.62. The van der Waals surface area contributed by atoms with E-state index in [1.54, 1.807) is 13.8 Å². The van der Waals surface area contributed by atoms with Crippen LogP contribution in [0.25, 0.3) is 0 Å². The Labute approximate surface area is 86.2 Å². The van der Waals surface area contributed by atoms with Gasteiger partial charge >= 0.3 is 0 Å². The van der Waals surface area contributed by atoms with Gasteiger partial charge in [-0.3, -0.25) is 0 Å². The van der Waals surface area contributed by atoms with Crippen molar-refractivity contribution in [3.05, 3.63) is 0 Å². The minimum atomic E-state index is -3.74. The van der Waals surface area contributed by atoms with Gasteiger partial charge in [0.1, 0.15) is 0 Å². The summed E-state index contributed by atoms with van der Waals surface area (Å²) in [5.74, 6) is 0. The standard InChI is InChI=1S/C8H18F2N2OS/c1-3-11(4-2)14(9,10)12-5-7-13-8-6-12/h3-8H2,1-2H3. The third kappa shape index (κ3) is 2.56. The van der Waals surface area contributed by atoms with Crippen molar-refractivity contribution in [1.29, 1.82) is 0 Å². The smallest absolute Gasteiger partial charge is 0.185 e. The quantitative estimate of drug-likeness (QED) is 0.732. The summed E-state index contributed by atoms with van der Waals surface area (Å²) in [4.78, 5) is 0. The molecule has 0 bridgehead atoms. The largest absolute Gasteiger partial charge is 0.379 e. The molecule has 0 unspecified atom stereocenters. The topological polar surface area (TPSA) is 15.7 Å². The van der Waals surface area contributed by atoms with E-state index >= 15 is 0 Å². The van der Waals surface area contributed by atoms with Crippen LogP contribution in [0.15, 0.2) is 0 Å². The number of hydrogen-bond acceptors (Lipinski definition) is 3. The van der Waals surface area contributed by atoms with Crippen LogP contribution >= 0.6 is 11.2 Å². The van der Waals surface area contributed by atoms with Gasteiger partial charge in [-0.2, -0.15) is 0 Å². The fourth-order valence-corrected chi connectivity index (χ4v) is 3.00. The third-order valence-electron chi connectivity index (χ3n) is 2.30. The molecule has 0 spiro atoms. The Morgan fingerprint density at radius 1 is 1.21 bits per heavy atom. The maximum Gasteiger partial charge on any atom is 0.185 e. The predicted octanol–water partition coefficient (Wildman–Crippen LogP) is 2.06. The molecule has 3 nitrogen and oxygen atoms in total. The molecule has 86 valence electrons. The second-order valence-electron chi connectivity index (χ2n) is 3.07. The summed E-state index contributed by atoms with van der Waals surface area (Å²) in [6.45, 7) is 5.87. The number of nitrogens with zero attached hydrogens (tertiary/aromatic N) is 2. The Balaban J connectivity index is 2.60. The van der Waals surface area contributed by atoms with Crippen LogP contribution in [0.4, 0.5) is 7.77 Å². The van der Waals surface area contributed by atoms with E-state index in [-0.39, 0.29) is 0 Å². The summed E-state index contributed by atoms with van der Waals surface area (Å²) in [6, 6.07) is 0. The number of ether oxygens (including phenoxy) is 1. The van der Waals surface area contributed by atoms with Crippen LogP contribution < -0.4 is 0 Å². The summed E-state index contributed by atoms with van der Waals surface area (Å²) < 4.78 is 35.3. The van der Waals surface area contributed by atoms with Gasteiger partial charge in [0.25, 0.3) is 0 Å². The zero-order valence-electron chi connectivity index (χ0n) is 8.71. The van der Waals surface area contributed by atoms with E-state index in [0.29, 0.717) is 39.4 Å². The van der Waals surface area contributed by atoms with Gasteiger partial charge in [-0.1, -0.05) is 13.8 Å². The highest BCUT2D eigenvalue weighted by molar-refractivity contribution is 8.21. The highest BCUT2D eigenvalue weighted by Crippen LogP contribution is 2.57. The van der Waals surface area contributed by atoms with E-state index in [1.165, 1.54) is 8.61 Å². The van der Waals surface area contributed by atoms with Crippen molar-refractivity contribution in [2.24, 2.45) is 0 Å². The average molecular weight is 228 g/mol. The zero-order valence-corrected chi connectivity index (χ0v) is 9.53. The van der Waals surface area contributed by atoms with Crippen LogP contribution in [-0.4, -0.2) is 48.0 Å². The predicted molar refractivity (Wildman–Crippen MR) is 55.1 cm³/mol. The van der Waals surface area contributed by atoms with E-state index < -0.39 is 11.2 Å². The van der Waals surface area contributed by atoms with Gasteiger partial charge < -0.3 is 4.74 Å². The van der Waals surface area contributed by atoms with Crippen molar-refractivity contribution in [2.75, 3.05) is 39.4 Å². The van der Waals surface area contributed by atoms with Crippen LogP contribution in [0.1, 0.15) is 13.8 Å². The van der Waals surface area contributed by atoms with Crippen molar-refractivity contribution in [3.8, 4) is 0 Å². The third-order valence-corrected chi connectivity index (χ3v) is 4.42. The van der Waals surface area contributed by atoms with Crippen LogP contribution in [0.3, 0.4) is 0 Å². The molecule has 1 aliphatic rings. The molecule has 0 amide bonds. The van der Waals surface area contributed by atoms with Crippen molar-refractivity contribution in [1.82, 2.24) is 8.61 Å². The molecule has 0 aromatic rings. The van der Waals surface area contributed by atoms with Gasteiger partial charge in [0.15, 0.2) is 11.2 Å². The van der Waals surface area contributed by atoms with Crippen LogP contribution in [0.2, 0.25) is 0 Å². The van der Waals surface area contributed by atoms with Gasteiger partial charge in [-0.05, 0) is 0 Å². The fraction of sp³-hybridized carbons (Fsp3) is 1.00. The molecule has 1 rings (SSSR count). The minimum absolute atomic E-state index is 0.346. The summed E-state index contributed by atoms with van der Waals surface area (Å²) in [5.41, 5.74) is 0. The molecular weight excluding hydrogens is 210 g/mol. The monoisotopic (exact) mass is 228 g/mol. The summed E-state index contributed by atoms with van der Waals surface area (Å²) in [7, 11) is 0. The number of morpholine rings is 1. The summed E-state index contributed by atoms with van der Waals surface area (Å²) in [5, 5.41) is 0. The number of hydrogen-bond donors (Lipinski definition) is 0. The van der Waals surface area contributed by atoms with Gasteiger partial charge in [-0.15, -0.1) is 7.77 Å². The van der Waals surface area contributed by atoms with Gasteiger partial charge in [0, 0.05) is 26.2 Å². The van der Waals surface area contributed by atoms with E-state index in [1.807, 2.05) is 0 Å². The molecule has 1 saturated heterocycles. The van der Waals surface area contributed by atoms with Gasteiger partial charge in [-0.25, -0.2) is 8.61 Å². The SMILES string of the molecule is CCN(CC)S(F)(F)N1CCOCC1. The van der Waals surface area contributed by atoms with E-state index in [0.717, 1.165) is 0 Å². The van der Waals surface area contributed by atoms with E-state index in [2.05, 4.69) is 0 Å². The highest BCUT2D eigenvalue weighted by atomic mass is 32.3. The van der Waals surface area contributed by atoms with Crippen molar-refractivity contribution in [3.63, 3.8) is 0 Å². The first-order valence-electron chi connectivity index (χ1n) is 4.93. The van der Waals surface area contributed by atoms with E-state index in [9.17, 15) is 7.77 Å². The van der Waals surface area contributed by atoms with Crippen LogP contribution in [0, 0.1) is 0 Å². The number of rotatable bonds is 4. The normalized spacial score (nSPS) is 21.5. The highest BCUT2D eigenvalue weighted by Gasteiger charge is 2.37. The van der Waals surface area contributed by atoms with Crippen molar-refractivity contribution in [2.45, 2.75) is 13.8 Å². The Bertz CT molecular complexity index is 173. The molecule has 14 heavy (non-hydrogen) atoms. The molecule has 1 aliphatic heterocycles. The molecule has 1 heterocycles. The van der Waals surface area contributed by atoms with Crippen molar-refractivity contribution < 1.29 is 12.5 Å². The average Bonchev–Trinajstić information content (AvgIpc) is 2.20. The molecule has 6 heteroatoms. The maximum absolute atomic E-state index is 13.9. The summed E-state index contributed by atoms with van der Waals surface area (Å²) in [6.07, 6.45) is 0. The maximum atomic E-state index is 13.9. The lowest BCUT2D eigenvalue weighted by atomic mass is 10.5. The molecule has 0 radical (unpaired) electrons. The Morgan fingerprint density at radius 3 is 2.14 bits per heavy atom. The van der Waals surface area contributed by atoms with Gasteiger partial charge in [0.2, 0.25) is 0 Å². The molecule has 0 aromatic carbocycles. The Hall–Kier alpha value is 0.0900. The second kappa shape index (κ2) is 5.25. The molecule has 0 aliphatic carbocycles. The lowest BCUT2D eigenvalue weighted by molar-refractivity contribution is 0.0689. The van der Waals surface area contributed by atoms with Crippen LogP contribution in [-0.2, 0) is 4.74 Å².